The van der Waals surface area contributed by atoms with E-state index in [1.807, 2.05) is 26.0 Å². The lowest BCUT2D eigenvalue weighted by atomic mass is 9.81. The highest BCUT2D eigenvalue weighted by Gasteiger charge is 2.33. The van der Waals surface area contributed by atoms with Gasteiger partial charge in [-0.1, -0.05) is 25.1 Å². The van der Waals surface area contributed by atoms with Crippen LogP contribution in [0.1, 0.15) is 37.6 Å². The molecule has 3 aromatic rings. The average molecular weight is 467 g/mol. The Labute approximate surface area is 198 Å². The first-order valence-corrected chi connectivity index (χ1v) is 11.5. The zero-order chi connectivity index (χ0) is 23.9. The van der Waals surface area contributed by atoms with Gasteiger partial charge in [0.25, 0.3) is 0 Å². The molecule has 0 radical (unpaired) electrons. The van der Waals surface area contributed by atoms with Gasteiger partial charge in [-0.05, 0) is 30.4 Å². The molecule has 0 saturated carbocycles. The molecule has 3 aromatic heterocycles. The Morgan fingerprint density at radius 3 is 2.68 bits per heavy atom. The van der Waals surface area contributed by atoms with Crippen LogP contribution in [0.15, 0.2) is 36.7 Å². The highest BCUT2D eigenvalue weighted by atomic mass is 16.5. The summed E-state index contributed by atoms with van der Waals surface area (Å²) in [5, 5.41) is 27.4. The number of piperazine rings is 1. The molecule has 4 heterocycles. The molecule has 4 rings (SSSR count). The van der Waals surface area contributed by atoms with Gasteiger partial charge < -0.3 is 20.1 Å². The summed E-state index contributed by atoms with van der Waals surface area (Å²) in [4.78, 5) is 23.1. The van der Waals surface area contributed by atoms with Crippen molar-refractivity contribution < 1.29 is 14.6 Å². The SMILES string of the molecule is CC(C)C[C@H](C(=O)O)[C@H](Cc1ccc(Oc2ccnc(N3CCNCC3)c2)nc1)c1nn[nH]n1. The molecule has 180 valence electrons. The second-order valence-corrected chi connectivity index (χ2v) is 8.85. The number of hydrogen-bond donors (Lipinski definition) is 3. The molecule has 0 spiro atoms. The Kier molecular flexibility index (Phi) is 7.63. The second kappa shape index (κ2) is 11.0. The molecule has 1 fully saturated rings. The lowest BCUT2D eigenvalue weighted by molar-refractivity contribution is -0.143. The third-order valence-corrected chi connectivity index (χ3v) is 5.86. The van der Waals surface area contributed by atoms with Crippen LogP contribution in [0, 0.1) is 11.8 Å². The lowest BCUT2D eigenvalue weighted by Crippen LogP contribution is -2.43. The molecule has 11 nitrogen and oxygen atoms in total. The summed E-state index contributed by atoms with van der Waals surface area (Å²) in [7, 11) is 0. The number of ether oxygens (including phenoxy) is 1. The van der Waals surface area contributed by atoms with Crippen LogP contribution in [0.25, 0.3) is 0 Å². The van der Waals surface area contributed by atoms with Crippen molar-refractivity contribution in [1.82, 2.24) is 35.9 Å². The van der Waals surface area contributed by atoms with Gasteiger partial charge in [0.15, 0.2) is 5.82 Å². The number of nitrogens with zero attached hydrogens (tertiary/aromatic N) is 6. The molecule has 0 amide bonds. The van der Waals surface area contributed by atoms with Crippen LogP contribution in [0.2, 0.25) is 0 Å². The van der Waals surface area contributed by atoms with Crippen molar-refractivity contribution in [3.63, 3.8) is 0 Å². The van der Waals surface area contributed by atoms with Gasteiger partial charge in [0, 0.05) is 56.6 Å². The zero-order valence-electron chi connectivity index (χ0n) is 19.4. The monoisotopic (exact) mass is 466 g/mol. The van der Waals surface area contributed by atoms with E-state index in [9.17, 15) is 9.90 Å². The summed E-state index contributed by atoms with van der Waals surface area (Å²) >= 11 is 0. The number of hydrogen-bond acceptors (Lipinski definition) is 9. The maximum Gasteiger partial charge on any atom is 0.307 e. The summed E-state index contributed by atoms with van der Waals surface area (Å²) in [6.07, 6.45) is 4.38. The van der Waals surface area contributed by atoms with Gasteiger partial charge in [-0.3, -0.25) is 4.79 Å². The van der Waals surface area contributed by atoms with Gasteiger partial charge in [-0.25, -0.2) is 9.97 Å². The van der Waals surface area contributed by atoms with E-state index in [1.165, 1.54) is 0 Å². The minimum absolute atomic E-state index is 0.218. The number of aliphatic carboxylic acids is 1. The smallest absolute Gasteiger partial charge is 0.307 e. The molecular formula is C23H30N8O3. The molecule has 0 unspecified atom stereocenters. The fraction of sp³-hybridized carbons (Fsp3) is 0.478. The molecular weight excluding hydrogens is 436 g/mol. The number of aromatic nitrogens is 6. The summed E-state index contributed by atoms with van der Waals surface area (Å²) in [6.45, 7) is 7.67. The van der Waals surface area contributed by atoms with Gasteiger partial charge in [-0.15, -0.1) is 10.2 Å². The zero-order valence-corrected chi connectivity index (χ0v) is 19.4. The number of rotatable bonds is 10. The Bertz CT molecular complexity index is 1050. The molecule has 34 heavy (non-hydrogen) atoms. The van der Waals surface area contributed by atoms with E-state index in [-0.39, 0.29) is 5.92 Å². The average Bonchev–Trinajstić information content (AvgIpc) is 3.38. The first-order valence-electron chi connectivity index (χ1n) is 11.5. The number of anilines is 1. The highest BCUT2D eigenvalue weighted by Crippen LogP contribution is 2.31. The van der Waals surface area contributed by atoms with Gasteiger partial charge in [-0.2, -0.15) is 5.21 Å². The third-order valence-electron chi connectivity index (χ3n) is 5.86. The van der Waals surface area contributed by atoms with E-state index >= 15 is 0 Å². The number of carboxylic acids is 1. The van der Waals surface area contributed by atoms with Crippen molar-refractivity contribution in [3.05, 3.63) is 48.0 Å². The standard InChI is InChI=1S/C23H30N8O3/c1-15(2)11-19(23(32)33)18(22-27-29-30-28-22)12-16-3-4-21(26-14-16)34-17-5-6-25-20(13-17)31-9-7-24-8-10-31/h3-6,13-15,18-19,24H,7-12H2,1-2H3,(H,32,33)(H,27,28,29,30)/t18-,19-/m0/s1. The number of aromatic amines is 1. The van der Waals surface area contributed by atoms with Crippen LogP contribution in [-0.4, -0.2) is 67.8 Å². The van der Waals surface area contributed by atoms with E-state index in [0.29, 0.717) is 30.3 Å². The van der Waals surface area contributed by atoms with Crippen LogP contribution in [0.5, 0.6) is 11.6 Å². The van der Waals surface area contributed by atoms with Crippen molar-refractivity contribution in [2.24, 2.45) is 11.8 Å². The second-order valence-electron chi connectivity index (χ2n) is 8.85. The predicted molar refractivity (Wildman–Crippen MR) is 125 cm³/mol. The third kappa shape index (κ3) is 6.04. The van der Waals surface area contributed by atoms with Gasteiger partial charge >= 0.3 is 5.97 Å². The first-order chi connectivity index (χ1) is 16.5. The number of carboxylic acid groups (broad SMARTS) is 1. The molecule has 1 aliphatic heterocycles. The van der Waals surface area contributed by atoms with Gasteiger partial charge in [0.2, 0.25) is 5.88 Å². The summed E-state index contributed by atoms with van der Waals surface area (Å²) in [6, 6.07) is 7.39. The van der Waals surface area contributed by atoms with Crippen molar-refractivity contribution in [2.45, 2.75) is 32.6 Å². The molecule has 1 saturated heterocycles. The molecule has 11 heteroatoms. The fourth-order valence-corrected chi connectivity index (χ4v) is 4.18. The van der Waals surface area contributed by atoms with E-state index < -0.39 is 17.8 Å². The van der Waals surface area contributed by atoms with Crippen LogP contribution in [-0.2, 0) is 11.2 Å². The van der Waals surface area contributed by atoms with Crippen LogP contribution < -0.4 is 15.0 Å². The Balaban J connectivity index is 1.46. The molecule has 1 aliphatic rings. The van der Waals surface area contributed by atoms with Crippen LogP contribution in [0.3, 0.4) is 0 Å². The summed E-state index contributed by atoms with van der Waals surface area (Å²) < 4.78 is 5.95. The molecule has 2 atom stereocenters. The maximum absolute atomic E-state index is 12.0. The summed E-state index contributed by atoms with van der Waals surface area (Å²) in [5.41, 5.74) is 0.869. The predicted octanol–water partition coefficient (Wildman–Crippen LogP) is 2.26. The quantitative estimate of drug-likeness (QED) is 0.407. The van der Waals surface area contributed by atoms with Crippen molar-refractivity contribution in [1.29, 1.82) is 0 Å². The van der Waals surface area contributed by atoms with E-state index in [1.54, 1.807) is 24.5 Å². The minimum Gasteiger partial charge on any atom is -0.481 e. The van der Waals surface area contributed by atoms with Crippen molar-refractivity contribution >= 4 is 11.8 Å². The number of H-pyrrole nitrogens is 1. The topological polar surface area (TPSA) is 142 Å². The minimum atomic E-state index is -0.866. The van der Waals surface area contributed by atoms with Gasteiger partial charge in [0.1, 0.15) is 11.6 Å². The normalized spacial score (nSPS) is 15.8. The lowest BCUT2D eigenvalue weighted by Gasteiger charge is -2.28. The molecule has 3 N–H and O–H groups in total. The van der Waals surface area contributed by atoms with Crippen LogP contribution >= 0.6 is 0 Å². The molecule has 0 aliphatic carbocycles. The molecule has 0 bridgehead atoms. The maximum atomic E-state index is 12.0. The summed E-state index contributed by atoms with van der Waals surface area (Å²) in [5.74, 6) is 0.688. The number of pyridine rings is 2. The van der Waals surface area contributed by atoms with E-state index in [0.717, 1.165) is 37.6 Å². The Morgan fingerprint density at radius 2 is 2.03 bits per heavy atom. The highest BCUT2D eigenvalue weighted by molar-refractivity contribution is 5.71. The molecule has 0 aromatic carbocycles. The van der Waals surface area contributed by atoms with E-state index in [4.69, 9.17) is 4.74 Å². The first kappa shape index (κ1) is 23.6. The van der Waals surface area contributed by atoms with Crippen LogP contribution in [0.4, 0.5) is 5.82 Å². The number of nitrogens with one attached hydrogen (secondary N) is 2. The van der Waals surface area contributed by atoms with E-state index in [2.05, 4.69) is 40.8 Å². The van der Waals surface area contributed by atoms with Gasteiger partial charge in [0.05, 0.1) is 5.92 Å². The van der Waals surface area contributed by atoms with Crippen molar-refractivity contribution in [3.8, 4) is 11.6 Å². The Hall–Kier alpha value is -3.60. The largest absolute Gasteiger partial charge is 0.481 e. The Morgan fingerprint density at radius 1 is 1.21 bits per heavy atom. The van der Waals surface area contributed by atoms with Crippen molar-refractivity contribution in [2.75, 3.05) is 31.1 Å². The number of carbonyl (C=O) groups is 1. The number of tetrazole rings is 1. The fourth-order valence-electron chi connectivity index (χ4n) is 4.18.